The number of anilines is 1. The van der Waals surface area contributed by atoms with E-state index in [4.69, 9.17) is 9.15 Å². The van der Waals surface area contributed by atoms with Crippen LogP contribution in [0.3, 0.4) is 0 Å². The Hall–Kier alpha value is -4.19. The number of hydrogen-bond donors (Lipinski definition) is 1. The average Bonchev–Trinajstić information content (AvgIpc) is 3.34. The standard InChI is InChI=1S/C25H20N2O4/c1-16-7-8-17(19-5-3-11-26-15-19)13-21(16)24(28)27-22-14-18(23-6-4-12-31-23)9-10-20(22)25(29)30-2/h3-15H,1-2H3,(H,27,28). The first kappa shape index (κ1) is 20.1. The van der Waals surface area contributed by atoms with Crippen LogP contribution in [0.1, 0.15) is 26.3 Å². The molecule has 154 valence electrons. The number of methoxy groups -OCH3 is 1. The SMILES string of the molecule is COC(=O)c1ccc(-c2ccco2)cc1NC(=O)c1cc(-c2cccnc2)ccc1C. The lowest BCUT2D eigenvalue weighted by Crippen LogP contribution is -2.16. The van der Waals surface area contributed by atoms with Crippen LogP contribution in [0.25, 0.3) is 22.5 Å². The van der Waals surface area contributed by atoms with E-state index in [2.05, 4.69) is 10.3 Å². The van der Waals surface area contributed by atoms with E-state index in [0.717, 1.165) is 22.3 Å². The molecule has 0 saturated heterocycles. The Kier molecular flexibility index (Phi) is 5.62. The summed E-state index contributed by atoms with van der Waals surface area (Å²) in [6, 6.07) is 18.1. The van der Waals surface area contributed by atoms with E-state index in [1.807, 2.05) is 37.3 Å². The number of nitrogens with one attached hydrogen (secondary N) is 1. The molecule has 6 heteroatoms. The highest BCUT2D eigenvalue weighted by Gasteiger charge is 2.18. The minimum absolute atomic E-state index is 0.257. The van der Waals surface area contributed by atoms with Crippen molar-refractivity contribution in [2.45, 2.75) is 6.92 Å². The Morgan fingerprint density at radius 3 is 2.48 bits per heavy atom. The third kappa shape index (κ3) is 4.23. The van der Waals surface area contributed by atoms with Gasteiger partial charge in [0, 0.05) is 29.1 Å². The first-order valence-electron chi connectivity index (χ1n) is 9.65. The molecule has 4 aromatic rings. The Morgan fingerprint density at radius 2 is 1.77 bits per heavy atom. The van der Waals surface area contributed by atoms with Crippen molar-refractivity contribution in [3.63, 3.8) is 0 Å². The highest BCUT2D eigenvalue weighted by molar-refractivity contribution is 6.09. The fourth-order valence-corrected chi connectivity index (χ4v) is 3.30. The van der Waals surface area contributed by atoms with Gasteiger partial charge in [-0.15, -0.1) is 0 Å². The third-order valence-electron chi connectivity index (χ3n) is 4.96. The van der Waals surface area contributed by atoms with E-state index in [-0.39, 0.29) is 11.5 Å². The third-order valence-corrected chi connectivity index (χ3v) is 4.96. The maximum absolute atomic E-state index is 13.2. The van der Waals surface area contributed by atoms with E-state index in [1.54, 1.807) is 49.0 Å². The summed E-state index contributed by atoms with van der Waals surface area (Å²) >= 11 is 0. The van der Waals surface area contributed by atoms with Gasteiger partial charge in [-0.1, -0.05) is 24.3 Å². The number of furan rings is 1. The van der Waals surface area contributed by atoms with Crippen LogP contribution in [0.2, 0.25) is 0 Å². The van der Waals surface area contributed by atoms with Gasteiger partial charge < -0.3 is 14.5 Å². The smallest absolute Gasteiger partial charge is 0.339 e. The molecule has 6 nitrogen and oxygen atoms in total. The van der Waals surface area contributed by atoms with Gasteiger partial charge >= 0.3 is 5.97 Å². The fourth-order valence-electron chi connectivity index (χ4n) is 3.30. The lowest BCUT2D eigenvalue weighted by molar-refractivity contribution is 0.0602. The quantitative estimate of drug-likeness (QED) is 0.447. The summed E-state index contributed by atoms with van der Waals surface area (Å²) in [5.41, 5.74) is 4.43. The highest BCUT2D eigenvalue weighted by Crippen LogP contribution is 2.28. The van der Waals surface area contributed by atoms with Crippen molar-refractivity contribution in [1.82, 2.24) is 4.98 Å². The van der Waals surface area contributed by atoms with Crippen LogP contribution in [0, 0.1) is 6.92 Å². The summed E-state index contributed by atoms with van der Waals surface area (Å²) in [5.74, 6) is -0.242. The predicted octanol–water partition coefficient (Wildman–Crippen LogP) is 5.36. The largest absolute Gasteiger partial charge is 0.465 e. The number of benzene rings is 2. The van der Waals surface area contributed by atoms with Crippen LogP contribution in [-0.2, 0) is 4.74 Å². The van der Waals surface area contributed by atoms with Crippen LogP contribution in [0.5, 0.6) is 0 Å². The minimum Gasteiger partial charge on any atom is -0.465 e. The van der Waals surface area contributed by atoms with E-state index in [0.29, 0.717) is 17.0 Å². The predicted molar refractivity (Wildman–Crippen MR) is 118 cm³/mol. The number of aryl methyl sites for hydroxylation is 1. The topological polar surface area (TPSA) is 81.4 Å². The minimum atomic E-state index is -0.540. The van der Waals surface area contributed by atoms with E-state index in [9.17, 15) is 9.59 Å². The van der Waals surface area contributed by atoms with E-state index < -0.39 is 5.97 Å². The van der Waals surface area contributed by atoms with Gasteiger partial charge in [-0.3, -0.25) is 9.78 Å². The number of amides is 1. The molecule has 0 aliphatic carbocycles. The van der Waals surface area contributed by atoms with Gasteiger partial charge in [0.15, 0.2) is 0 Å². The van der Waals surface area contributed by atoms with Crippen molar-refractivity contribution in [2.75, 3.05) is 12.4 Å². The van der Waals surface area contributed by atoms with Crippen LogP contribution in [0.15, 0.2) is 83.7 Å². The number of carbonyl (C=O) groups is 2. The van der Waals surface area contributed by atoms with Crippen molar-refractivity contribution in [3.05, 3.63) is 96.0 Å². The molecule has 0 spiro atoms. The molecule has 2 aromatic carbocycles. The van der Waals surface area contributed by atoms with Gasteiger partial charge in [-0.05, 0) is 54.4 Å². The lowest BCUT2D eigenvalue weighted by Gasteiger charge is -2.13. The maximum Gasteiger partial charge on any atom is 0.339 e. The summed E-state index contributed by atoms with van der Waals surface area (Å²) in [7, 11) is 1.30. The number of pyridine rings is 1. The van der Waals surface area contributed by atoms with E-state index in [1.165, 1.54) is 7.11 Å². The second-order valence-electron chi connectivity index (χ2n) is 6.95. The van der Waals surface area contributed by atoms with Gasteiger partial charge in [-0.25, -0.2) is 4.79 Å². The van der Waals surface area contributed by atoms with Crippen molar-refractivity contribution in [2.24, 2.45) is 0 Å². The molecule has 0 radical (unpaired) electrons. The first-order valence-corrected chi connectivity index (χ1v) is 9.65. The molecule has 4 rings (SSSR count). The molecule has 0 fully saturated rings. The molecule has 1 amide bonds. The summed E-state index contributed by atoms with van der Waals surface area (Å²) in [6.07, 6.45) is 5.01. The first-order chi connectivity index (χ1) is 15.1. The van der Waals surface area contributed by atoms with Crippen molar-refractivity contribution >= 4 is 17.6 Å². The maximum atomic E-state index is 13.2. The Labute approximate surface area is 179 Å². The van der Waals surface area contributed by atoms with Crippen LogP contribution >= 0.6 is 0 Å². The molecular formula is C25H20N2O4. The van der Waals surface area contributed by atoms with Gasteiger partial charge in [0.1, 0.15) is 5.76 Å². The fraction of sp³-hybridized carbons (Fsp3) is 0.0800. The summed E-state index contributed by atoms with van der Waals surface area (Å²) in [6.45, 7) is 1.86. The number of ether oxygens (including phenoxy) is 1. The number of hydrogen-bond acceptors (Lipinski definition) is 5. The molecule has 0 atom stereocenters. The molecule has 0 unspecified atom stereocenters. The van der Waals surface area contributed by atoms with E-state index >= 15 is 0 Å². The zero-order valence-electron chi connectivity index (χ0n) is 17.1. The number of aromatic nitrogens is 1. The Morgan fingerprint density at radius 1 is 0.935 bits per heavy atom. The van der Waals surface area contributed by atoms with Crippen LogP contribution in [-0.4, -0.2) is 24.0 Å². The van der Waals surface area contributed by atoms with Crippen molar-refractivity contribution in [3.8, 4) is 22.5 Å². The summed E-state index contributed by atoms with van der Waals surface area (Å²) < 4.78 is 10.3. The molecule has 31 heavy (non-hydrogen) atoms. The average molecular weight is 412 g/mol. The molecular weight excluding hydrogens is 392 g/mol. The molecule has 0 aliphatic heterocycles. The zero-order valence-corrected chi connectivity index (χ0v) is 17.1. The lowest BCUT2D eigenvalue weighted by atomic mass is 10.00. The van der Waals surface area contributed by atoms with Crippen molar-refractivity contribution < 1.29 is 18.7 Å². The number of rotatable bonds is 5. The van der Waals surface area contributed by atoms with Gasteiger partial charge in [0.25, 0.3) is 5.91 Å². The number of carbonyl (C=O) groups excluding carboxylic acids is 2. The van der Waals surface area contributed by atoms with Gasteiger partial charge in [-0.2, -0.15) is 0 Å². The second-order valence-corrected chi connectivity index (χ2v) is 6.95. The van der Waals surface area contributed by atoms with Crippen LogP contribution in [0.4, 0.5) is 5.69 Å². The number of esters is 1. The summed E-state index contributed by atoms with van der Waals surface area (Å²) in [5, 5.41) is 2.87. The molecule has 2 aromatic heterocycles. The van der Waals surface area contributed by atoms with Gasteiger partial charge in [0.05, 0.1) is 24.6 Å². The Bertz CT molecular complexity index is 1230. The monoisotopic (exact) mass is 412 g/mol. The molecule has 0 aliphatic rings. The molecule has 0 bridgehead atoms. The van der Waals surface area contributed by atoms with Gasteiger partial charge in [0.2, 0.25) is 0 Å². The zero-order chi connectivity index (χ0) is 21.8. The molecule has 0 saturated carbocycles. The van der Waals surface area contributed by atoms with Crippen molar-refractivity contribution in [1.29, 1.82) is 0 Å². The Balaban J connectivity index is 1.71. The van der Waals surface area contributed by atoms with Crippen LogP contribution < -0.4 is 5.32 Å². The summed E-state index contributed by atoms with van der Waals surface area (Å²) in [4.78, 5) is 29.6. The molecule has 1 N–H and O–H groups in total. The second kappa shape index (κ2) is 8.67. The normalized spacial score (nSPS) is 10.5. The number of nitrogens with zero attached hydrogens (tertiary/aromatic N) is 1. The highest BCUT2D eigenvalue weighted by atomic mass is 16.5. The molecule has 2 heterocycles.